The van der Waals surface area contributed by atoms with Gasteiger partial charge < -0.3 is 8.97 Å². The molecule has 4 heterocycles. The van der Waals surface area contributed by atoms with Gasteiger partial charge in [-0.05, 0) is 53.6 Å². The third kappa shape index (κ3) is 3.89. The Morgan fingerprint density at radius 1 is 0.320 bits per heavy atom. The molecule has 0 aliphatic heterocycles. The Morgan fingerprint density at radius 2 is 0.880 bits per heavy atom. The van der Waals surface area contributed by atoms with Gasteiger partial charge in [0.1, 0.15) is 0 Å². The number of rotatable bonds is 4. The minimum atomic E-state index is 0.953. The Balaban J connectivity index is 1.17. The molecule has 4 aromatic heterocycles. The van der Waals surface area contributed by atoms with Gasteiger partial charge >= 0.3 is 0 Å². The predicted molar refractivity (Wildman–Crippen MR) is 210 cm³/mol. The maximum Gasteiger partial charge on any atom is 0.0716 e. The van der Waals surface area contributed by atoms with Crippen molar-refractivity contribution in [3.63, 3.8) is 0 Å². The number of nitrogens with zero attached hydrogens (tertiary/aromatic N) is 3. The molecule has 0 bridgehead atoms. The van der Waals surface area contributed by atoms with Crippen LogP contribution in [0.1, 0.15) is 0 Å². The molecule has 0 spiro atoms. The molecule has 0 aliphatic carbocycles. The number of para-hydroxylation sites is 3. The zero-order valence-electron chi connectivity index (χ0n) is 27.1. The van der Waals surface area contributed by atoms with Crippen LogP contribution in [0.25, 0.3) is 99.2 Å². The van der Waals surface area contributed by atoms with Gasteiger partial charge in [-0.1, -0.05) is 133 Å². The first-order valence-electron chi connectivity index (χ1n) is 17.1. The topological polar surface area (TPSA) is 22.2 Å². The van der Waals surface area contributed by atoms with Gasteiger partial charge in [-0.25, -0.2) is 4.98 Å². The van der Waals surface area contributed by atoms with E-state index in [1.165, 1.54) is 59.9 Å². The summed E-state index contributed by atoms with van der Waals surface area (Å²) in [6, 6.07) is 63.5. The van der Waals surface area contributed by atoms with Crippen molar-refractivity contribution in [2.24, 2.45) is 0 Å². The van der Waals surface area contributed by atoms with Gasteiger partial charge in [0.05, 0.1) is 39.0 Å². The second kappa shape index (κ2) is 10.4. The molecule has 0 unspecified atom stereocenters. The van der Waals surface area contributed by atoms with Crippen molar-refractivity contribution in [3.8, 4) is 39.3 Å². The van der Waals surface area contributed by atoms with E-state index in [2.05, 4.69) is 185 Å². The highest BCUT2D eigenvalue weighted by Crippen LogP contribution is 2.41. The molecule has 11 aromatic rings. The van der Waals surface area contributed by atoms with Gasteiger partial charge in [0.25, 0.3) is 0 Å². The molecule has 0 atom stereocenters. The lowest BCUT2D eigenvalue weighted by molar-refractivity contribution is 1.18. The normalized spacial score (nSPS) is 12.0. The highest BCUT2D eigenvalue weighted by molar-refractivity contribution is 6.23. The largest absolute Gasteiger partial charge is 0.309 e. The second-order valence-electron chi connectivity index (χ2n) is 13.2. The van der Waals surface area contributed by atoms with Crippen molar-refractivity contribution in [3.05, 3.63) is 176 Å². The van der Waals surface area contributed by atoms with Crippen molar-refractivity contribution in [2.45, 2.75) is 0 Å². The number of fused-ring (bicyclic) bond motifs is 9. The Hall–Kier alpha value is -6.71. The van der Waals surface area contributed by atoms with Gasteiger partial charge in [0.2, 0.25) is 0 Å². The Morgan fingerprint density at radius 3 is 1.64 bits per heavy atom. The summed E-state index contributed by atoms with van der Waals surface area (Å²) in [7, 11) is 0. The highest BCUT2D eigenvalue weighted by Gasteiger charge is 2.19. The molecule has 7 aromatic carbocycles. The molecule has 3 nitrogen and oxygen atoms in total. The zero-order chi connectivity index (χ0) is 32.8. The Kier molecular flexibility index (Phi) is 5.67. The van der Waals surface area contributed by atoms with Gasteiger partial charge in [0, 0.05) is 49.1 Å². The van der Waals surface area contributed by atoms with E-state index in [0.29, 0.717) is 0 Å². The summed E-state index contributed by atoms with van der Waals surface area (Å²) in [6.45, 7) is 0. The van der Waals surface area contributed by atoms with E-state index in [9.17, 15) is 0 Å². The minimum Gasteiger partial charge on any atom is -0.309 e. The molecular formula is C47H29N3. The fourth-order valence-electron chi connectivity index (χ4n) is 8.20. The molecule has 11 rings (SSSR count). The summed E-state index contributed by atoms with van der Waals surface area (Å²) >= 11 is 0. The average molecular weight is 636 g/mol. The van der Waals surface area contributed by atoms with E-state index in [4.69, 9.17) is 4.98 Å². The SMILES string of the molecule is c1ccc(-c2cc(-c3ccccc3)nc(-c3ccc4c5ccccc5n(-c5ccc6c7cccc8c9ccccc9n(c6c5)c87)c4c3)c2)cc1. The lowest BCUT2D eigenvalue weighted by Crippen LogP contribution is -1.95. The van der Waals surface area contributed by atoms with E-state index in [1.807, 2.05) is 0 Å². The summed E-state index contributed by atoms with van der Waals surface area (Å²) in [6.07, 6.45) is 0. The van der Waals surface area contributed by atoms with Crippen LogP contribution in [0.15, 0.2) is 176 Å². The average Bonchev–Trinajstić information content (AvgIpc) is 3.83. The monoisotopic (exact) mass is 635 g/mol. The molecule has 0 saturated heterocycles. The number of aromatic nitrogens is 3. The van der Waals surface area contributed by atoms with Crippen LogP contribution in [0.5, 0.6) is 0 Å². The Bertz CT molecular complexity index is 3020. The fourth-order valence-corrected chi connectivity index (χ4v) is 8.20. The highest BCUT2D eigenvalue weighted by atomic mass is 15.0. The molecule has 0 radical (unpaired) electrons. The van der Waals surface area contributed by atoms with Crippen molar-refractivity contribution in [2.75, 3.05) is 0 Å². The summed E-state index contributed by atoms with van der Waals surface area (Å²) < 4.78 is 4.89. The van der Waals surface area contributed by atoms with Crippen LogP contribution in [0.3, 0.4) is 0 Å². The van der Waals surface area contributed by atoms with Gasteiger partial charge in [-0.3, -0.25) is 0 Å². The minimum absolute atomic E-state index is 0.953. The fraction of sp³-hybridized carbons (Fsp3) is 0. The molecule has 0 fully saturated rings. The molecule has 232 valence electrons. The molecule has 0 amide bonds. The van der Waals surface area contributed by atoms with Crippen LogP contribution in [-0.2, 0) is 0 Å². The predicted octanol–water partition coefficient (Wildman–Crippen LogP) is 12.3. The quantitative estimate of drug-likeness (QED) is 0.189. The van der Waals surface area contributed by atoms with Gasteiger partial charge in [-0.2, -0.15) is 0 Å². The maximum absolute atomic E-state index is 5.26. The van der Waals surface area contributed by atoms with E-state index in [0.717, 1.165) is 39.3 Å². The van der Waals surface area contributed by atoms with E-state index in [-0.39, 0.29) is 0 Å². The summed E-state index contributed by atoms with van der Waals surface area (Å²) in [5, 5.41) is 7.63. The number of hydrogen-bond acceptors (Lipinski definition) is 1. The smallest absolute Gasteiger partial charge is 0.0716 e. The van der Waals surface area contributed by atoms with Crippen LogP contribution in [0, 0.1) is 0 Å². The first-order chi connectivity index (χ1) is 24.8. The van der Waals surface area contributed by atoms with Crippen LogP contribution < -0.4 is 0 Å². The van der Waals surface area contributed by atoms with Crippen LogP contribution in [-0.4, -0.2) is 14.0 Å². The van der Waals surface area contributed by atoms with Crippen molar-refractivity contribution < 1.29 is 0 Å². The third-order valence-corrected chi connectivity index (χ3v) is 10.4. The summed E-state index contributed by atoms with van der Waals surface area (Å²) in [4.78, 5) is 5.26. The molecular weight excluding hydrogens is 607 g/mol. The van der Waals surface area contributed by atoms with Crippen molar-refractivity contribution in [1.29, 1.82) is 0 Å². The van der Waals surface area contributed by atoms with Crippen LogP contribution in [0.2, 0.25) is 0 Å². The van der Waals surface area contributed by atoms with Crippen LogP contribution in [0.4, 0.5) is 0 Å². The van der Waals surface area contributed by atoms with E-state index in [1.54, 1.807) is 0 Å². The molecule has 50 heavy (non-hydrogen) atoms. The summed E-state index contributed by atoms with van der Waals surface area (Å²) in [5.41, 5.74) is 13.7. The first kappa shape index (κ1) is 27.3. The molecule has 0 saturated carbocycles. The number of benzene rings is 7. The second-order valence-corrected chi connectivity index (χ2v) is 13.2. The van der Waals surface area contributed by atoms with Gasteiger partial charge in [-0.15, -0.1) is 0 Å². The lowest BCUT2D eigenvalue weighted by atomic mass is 9.99. The van der Waals surface area contributed by atoms with Crippen molar-refractivity contribution in [1.82, 2.24) is 14.0 Å². The standard InChI is InChI=1S/C47H29N3/c1-3-12-30(13-4-1)33-26-41(31-14-5-2-6-15-31)48-42(27-33)32-22-24-37-35-16-7-9-20-43(35)49(45(37)28-32)34-23-25-38-40-19-11-18-39-36-17-8-10-21-44(36)50(47(39)40)46(38)29-34/h1-29H. The maximum atomic E-state index is 5.26. The van der Waals surface area contributed by atoms with E-state index < -0.39 is 0 Å². The Labute approximate surface area is 288 Å². The van der Waals surface area contributed by atoms with Crippen LogP contribution >= 0.6 is 0 Å². The van der Waals surface area contributed by atoms with E-state index >= 15 is 0 Å². The molecule has 3 heteroatoms. The number of hydrogen-bond donors (Lipinski definition) is 0. The zero-order valence-corrected chi connectivity index (χ0v) is 27.1. The lowest BCUT2D eigenvalue weighted by Gasteiger charge is -2.12. The van der Waals surface area contributed by atoms with Crippen molar-refractivity contribution >= 4 is 59.9 Å². The summed E-state index contributed by atoms with van der Waals surface area (Å²) in [5.74, 6) is 0. The first-order valence-corrected chi connectivity index (χ1v) is 17.1. The molecule has 0 N–H and O–H groups in total. The van der Waals surface area contributed by atoms with Gasteiger partial charge in [0.15, 0.2) is 0 Å². The molecule has 0 aliphatic rings. The third-order valence-electron chi connectivity index (χ3n) is 10.4. The number of pyridine rings is 1.